The normalized spacial score (nSPS) is 18.6. The first-order valence-electron chi connectivity index (χ1n) is 12.5. The van der Waals surface area contributed by atoms with E-state index in [9.17, 15) is 5.11 Å². The fourth-order valence-electron chi connectivity index (χ4n) is 4.30. The summed E-state index contributed by atoms with van der Waals surface area (Å²) in [5.74, 6) is 2.04. The molecule has 1 aromatic carbocycles. The molecule has 4 heteroatoms. The molecule has 0 aromatic heterocycles. The second-order valence-electron chi connectivity index (χ2n) is 8.99. The van der Waals surface area contributed by atoms with E-state index in [4.69, 9.17) is 4.74 Å². The van der Waals surface area contributed by atoms with Gasteiger partial charge in [0, 0.05) is 48.5 Å². The van der Waals surface area contributed by atoms with Crippen LogP contribution in [-0.4, -0.2) is 16.2 Å². The van der Waals surface area contributed by atoms with Crippen LogP contribution in [0.4, 0.5) is 0 Å². The van der Waals surface area contributed by atoms with Gasteiger partial charge in [0.15, 0.2) is 0 Å². The van der Waals surface area contributed by atoms with Gasteiger partial charge in [-0.05, 0) is 71.1 Å². The molecule has 3 nitrogen and oxygen atoms in total. The van der Waals surface area contributed by atoms with E-state index in [1.807, 2.05) is 26.8 Å². The number of ether oxygens (including phenoxy) is 1. The van der Waals surface area contributed by atoms with Crippen molar-refractivity contribution in [2.24, 2.45) is 5.92 Å². The van der Waals surface area contributed by atoms with Gasteiger partial charge in [0.05, 0.1) is 0 Å². The number of allylic oxidation sites excluding steroid dienone is 3. The molecule has 33 heavy (non-hydrogen) atoms. The van der Waals surface area contributed by atoms with Crippen molar-refractivity contribution in [1.29, 1.82) is 0 Å². The first-order chi connectivity index (χ1) is 14.7. The number of phenols is 1. The maximum Gasteiger partial charge on any atom is 0.127 e. The average molecular weight is 687 g/mol. The van der Waals surface area contributed by atoms with Crippen molar-refractivity contribution in [3.05, 3.63) is 47.6 Å². The summed E-state index contributed by atoms with van der Waals surface area (Å²) >= 11 is 0. The van der Waals surface area contributed by atoms with Gasteiger partial charge in [0.2, 0.25) is 0 Å². The molecule has 3 N–H and O–H groups in total. The maximum atomic E-state index is 10.7. The molecule has 0 spiro atoms. The number of hydrogen-bond donors (Lipinski definition) is 1. The fraction of sp³-hybridized carbons (Fsp3) is 0.655. The van der Waals surface area contributed by atoms with Gasteiger partial charge in [0.1, 0.15) is 17.1 Å². The van der Waals surface area contributed by atoms with Crippen LogP contribution in [0.3, 0.4) is 0 Å². The number of aromatic hydroxyl groups is 1. The van der Waals surface area contributed by atoms with Gasteiger partial charge >= 0.3 is 0 Å². The Labute approximate surface area is 229 Å². The number of benzene rings is 1. The van der Waals surface area contributed by atoms with Crippen molar-refractivity contribution >= 4 is 0 Å². The van der Waals surface area contributed by atoms with Gasteiger partial charge < -0.3 is 15.3 Å². The minimum atomic E-state index is -0.177. The molecule has 0 fully saturated rings. The maximum absolute atomic E-state index is 10.7. The van der Waals surface area contributed by atoms with Gasteiger partial charge in [0.25, 0.3) is 0 Å². The summed E-state index contributed by atoms with van der Waals surface area (Å²) in [7, 11) is 0. The van der Waals surface area contributed by atoms with E-state index in [0.29, 0.717) is 11.7 Å². The molecule has 0 radical (unpaired) electrons. The van der Waals surface area contributed by atoms with Gasteiger partial charge in [-0.2, -0.15) is 0 Å². The molecule has 1 unspecified atom stereocenters. The summed E-state index contributed by atoms with van der Waals surface area (Å²) in [6.45, 7) is 22.3. The monoisotopic (exact) mass is 686 g/mol. The average Bonchev–Trinajstić information content (AvgIpc) is 2.70. The summed E-state index contributed by atoms with van der Waals surface area (Å²) < 4.78 is 6.36. The molecule has 2 atom stereocenters. The number of phenolic OH excluding ortho intramolecular Hbond substituents is 1. The quantitative estimate of drug-likeness (QED) is 0.255. The Bertz CT molecular complexity index is 680. The third-order valence-corrected chi connectivity index (χ3v) is 5.60. The van der Waals surface area contributed by atoms with Crippen LogP contribution in [0, 0.1) is 37.0 Å². The Morgan fingerprint density at radius 3 is 2.21 bits per heavy atom. The third-order valence-electron chi connectivity index (χ3n) is 5.60. The third kappa shape index (κ3) is 11.5. The number of aryl methyl sites for hydroxylation is 1. The Morgan fingerprint density at radius 1 is 1.15 bits per heavy atom. The molecule has 3 rings (SSSR count). The van der Waals surface area contributed by atoms with Crippen LogP contribution < -0.4 is 4.74 Å². The van der Waals surface area contributed by atoms with Crippen LogP contribution in [0.25, 0.3) is 0 Å². The molecule has 1 aliphatic heterocycles. The van der Waals surface area contributed by atoms with Crippen molar-refractivity contribution in [2.45, 2.75) is 119 Å². The van der Waals surface area contributed by atoms with E-state index in [0.717, 1.165) is 30.6 Å². The zero-order valence-corrected chi connectivity index (χ0v) is 27.1. The minimum Gasteiger partial charge on any atom is -0.507 e. The Kier molecular flexibility index (Phi) is 21.9. The van der Waals surface area contributed by atoms with E-state index in [1.165, 1.54) is 36.8 Å². The molecule has 1 aromatic rings. The summed E-state index contributed by atoms with van der Waals surface area (Å²) in [4.78, 5) is 0. The molecular weight excluding hydrogens is 634 g/mol. The van der Waals surface area contributed by atoms with E-state index in [1.54, 1.807) is 6.08 Å². The standard InChI is InChI=1S/C21H30O2.C3H8.C3H6.C2H6.H2O.U/c1-5-6-7-8-15-12-18(22)20-16-11-14(2)9-10-17(16)21(3,4)23-19(20)13-15;2*1-3-2;1-2;;/h11-13,16-17,22H,5-10H2,1-4H3;3H2,1-2H3;3H,1H2,2H3;1-2H3;1H2;/t16?,17-;;;;;/m1...../s1. The minimum absolute atomic E-state index is 0. The van der Waals surface area contributed by atoms with Crippen molar-refractivity contribution in [1.82, 2.24) is 0 Å². The SMILES string of the molecule is C=CC.CC.CCC.CCCCCc1cc(O)c2c(c1)OC(C)(C)[C@@H]1CCC(C)=CC21.O.[U]. The molecule has 2 aliphatic rings. The molecule has 0 saturated carbocycles. The van der Waals surface area contributed by atoms with Crippen molar-refractivity contribution in [2.75, 3.05) is 0 Å². The van der Waals surface area contributed by atoms with Gasteiger partial charge in [-0.25, -0.2) is 0 Å². The molecule has 0 saturated heterocycles. The summed E-state index contributed by atoms with van der Waals surface area (Å²) in [5.41, 5.74) is 3.46. The van der Waals surface area contributed by atoms with E-state index < -0.39 is 0 Å². The summed E-state index contributed by atoms with van der Waals surface area (Å²) in [6, 6.07) is 4.13. The molecule has 0 bridgehead atoms. The van der Waals surface area contributed by atoms with Crippen LogP contribution in [0.5, 0.6) is 11.5 Å². The zero-order chi connectivity index (χ0) is 24.0. The van der Waals surface area contributed by atoms with E-state index in [2.05, 4.69) is 60.3 Å². The first-order valence-corrected chi connectivity index (χ1v) is 12.5. The van der Waals surface area contributed by atoms with Crippen LogP contribution >= 0.6 is 0 Å². The van der Waals surface area contributed by atoms with Gasteiger partial charge in [-0.1, -0.05) is 71.6 Å². The molecule has 190 valence electrons. The van der Waals surface area contributed by atoms with Gasteiger partial charge in [-0.15, -0.1) is 6.58 Å². The van der Waals surface area contributed by atoms with E-state index in [-0.39, 0.29) is 48.1 Å². The largest absolute Gasteiger partial charge is 0.507 e. The Balaban J connectivity index is -0.000000800. The Morgan fingerprint density at radius 2 is 1.70 bits per heavy atom. The van der Waals surface area contributed by atoms with Gasteiger partial charge in [-0.3, -0.25) is 0 Å². The summed E-state index contributed by atoms with van der Waals surface area (Å²) in [5, 5.41) is 10.7. The Hall–Kier alpha value is -0.688. The molecular formula is C29H52O3U. The molecule has 1 heterocycles. The molecule has 0 amide bonds. The van der Waals surface area contributed by atoms with Crippen LogP contribution in [0.2, 0.25) is 0 Å². The van der Waals surface area contributed by atoms with Crippen molar-refractivity contribution in [3.63, 3.8) is 0 Å². The fourth-order valence-corrected chi connectivity index (χ4v) is 4.30. The van der Waals surface area contributed by atoms with Crippen LogP contribution in [-0.2, 0) is 6.42 Å². The summed E-state index contributed by atoms with van der Waals surface area (Å²) in [6.07, 6.45) is 12.3. The first kappa shape index (κ1) is 36.9. The topological polar surface area (TPSA) is 61.0 Å². The van der Waals surface area contributed by atoms with Crippen LogP contribution in [0.15, 0.2) is 36.4 Å². The second-order valence-corrected chi connectivity index (χ2v) is 8.99. The van der Waals surface area contributed by atoms with Crippen LogP contribution in [0.1, 0.15) is 118 Å². The predicted octanol–water partition coefficient (Wildman–Crippen LogP) is 8.55. The van der Waals surface area contributed by atoms with E-state index >= 15 is 0 Å². The van der Waals surface area contributed by atoms with Crippen molar-refractivity contribution < 1.29 is 46.4 Å². The number of unbranched alkanes of at least 4 members (excludes halogenated alkanes) is 2. The van der Waals surface area contributed by atoms with Crippen molar-refractivity contribution in [3.8, 4) is 11.5 Å². The molecule has 1 aliphatic carbocycles. The number of hydrogen-bond acceptors (Lipinski definition) is 2. The number of rotatable bonds is 4. The zero-order valence-electron chi connectivity index (χ0n) is 23.0. The predicted molar refractivity (Wildman–Crippen MR) is 142 cm³/mol. The number of fused-ring (bicyclic) bond motifs is 3. The smallest absolute Gasteiger partial charge is 0.127 e. The second kappa shape index (κ2) is 19.6.